The second kappa shape index (κ2) is 4.10. The molecule has 0 radical (unpaired) electrons. The molecule has 1 rings (SSSR count). The molecule has 1 aromatic rings. The van der Waals surface area contributed by atoms with E-state index in [1.807, 2.05) is 36.7 Å². The van der Waals surface area contributed by atoms with Crippen molar-refractivity contribution < 1.29 is 4.39 Å². The molecule has 0 fully saturated rings. The van der Waals surface area contributed by atoms with Crippen molar-refractivity contribution in [2.45, 2.75) is 0 Å². The summed E-state index contributed by atoms with van der Waals surface area (Å²) in [5, 5.41) is 1.71. The summed E-state index contributed by atoms with van der Waals surface area (Å²) in [5.41, 5.74) is 9.71. The van der Waals surface area contributed by atoms with Gasteiger partial charge >= 0.3 is 0 Å². The second-order valence-corrected chi connectivity index (χ2v) is 4.02. The summed E-state index contributed by atoms with van der Waals surface area (Å²) < 4.78 is 13.6. The minimum atomic E-state index is -0.265. The van der Waals surface area contributed by atoms with Gasteiger partial charge in [-0.05, 0) is 28.7 Å². The van der Waals surface area contributed by atoms with E-state index in [9.17, 15) is 4.39 Å². The van der Waals surface area contributed by atoms with E-state index in [2.05, 4.69) is 5.43 Å². The van der Waals surface area contributed by atoms with Crippen LogP contribution >= 0.6 is 22.6 Å². The van der Waals surface area contributed by atoms with Crippen molar-refractivity contribution in [2.24, 2.45) is 0 Å². The van der Waals surface area contributed by atoms with Crippen LogP contribution < -0.4 is 11.2 Å². The summed E-state index contributed by atoms with van der Waals surface area (Å²) in [6.07, 6.45) is 0. The number of nitrogen functional groups attached to an aromatic ring is 1. The maximum atomic E-state index is 13.1. The summed E-state index contributed by atoms with van der Waals surface area (Å²) >= 11 is 1.90. The van der Waals surface area contributed by atoms with E-state index < -0.39 is 0 Å². The highest BCUT2D eigenvalue weighted by Gasteiger charge is 2.05. The van der Waals surface area contributed by atoms with E-state index in [-0.39, 0.29) is 5.82 Å². The normalized spacial score (nSPS) is 10.5. The number of hydrazine groups is 1. The molecule has 1 aromatic carbocycles. The van der Waals surface area contributed by atoms with Gasteiger partial charge in [-0.25, -0.2) is 9.40 Å². The minimum Gasteiger partial charge on any atom is -0.397 e. The van der Waals surface area contributed by atoms with Crippen LogP contribution in [0.4, 0.5) is 15.8 Å². The minimum absolute atomic E-state index is 0.265. The first-order chi connectivity index (χ1) is 6.00. The molecular weight excluding hydrogens is 284 g/mol. The number of halogens is 2. The molecule has 3 N–H and O–H groups in total. The smallest absolute Gasteiger partial charge is 0.138 e. The molecule has 13 heavy (non-hydrogen) atoms. The maximum absolute atomic E-state index is 13.1. The third-order valence-electron chi connectivity index (χ3n) is 1.44. The fraction of sp³-hybridized carbons (Fsp3) is 0.250. The van der Waals surface area contributed by atoms with E-state index in [1.165, 1.54) is 6.07 Å². The van der Waals surface area contributed by atoms with Crippen LogP contribution in [0.1, 0.15) is 0 Å². The Morgan fingerprint density at radius 3 is 2.62 bits per heavy atom. The lowest BCUT2D eigenvalue weighted by atomic mass is 10.3. The molecule has 0 bridgehead atoms. The van der Waals surface area contributed by atoms with Gasteiger partial charge in [-0.15, -0.1) is 0 Å². The molecule has 0 amide bonds. The quantitative estimate of drug-likeness (QED) is 0.497. The lowest BCUT2D eigenvalue weighted by Gasteiger charge is -2.15. The molecule has 0 saturated heterocycles. The largest absolute Gasteiger partial charge is 0.397 e. The monoisotopic (exact) mass is 295 g/mol. The predicted octanol–water partition coefficient (Wildman–Crippen LogP) is 1.90. The van der Waals surface area contributed by atoms with Crippen molar-refractivity contribution in [3.63, 3.8) is 0 Å². The first-order valence-corrected chi connectivity index (χ1v) is 4.77. The van der Waals surface area contributed by atoms with Crippen LogP contribution in [0.5, 0.6) is 0 Å². The molecule has 0 aliphatic heterocycles. The van der Waals surface area contributed by atoms with Gasteiger partial charge in [-0.1, -0.05) is 0 Å². The van der Waals surface area contributed by atoms with Gasteiger partial charge in [0.25, 0.3) is 0 Å². The Kier molecular flexibility index (Phi) is 3.32. The molecule has 0 unspecified atom stereocenters. The molecule has 0 spiro atoms. The Balaban J connectivity index is 3.01. The van der Waals surface area contributed by atoms with Crippen molar-refractivity contribution in [3.05, 3.63) is 21.5 Å². The van der Waals surface area contributed by atoms with Crippen molar-refractivity contribution in [3.8, 4) is 0 Å². The van der Waals surface area contributed by atoms with Gasteiger partial charge in [0.2, 0.25) is 0 Å². The summed E-state index contributed by atoms with van der Waals surface area (Å²) in [6.45, 7) is 0. The fourth-order valence-electron chi connectivity index (χ4n) is 0.900. The summed E-state index contributed by atoms with van der Waals surface area (Å²) in [6, 6.07) is 2.98. The second-order valence-electron chi connectivity index (χ2n) is 2.86. The maximum Gasteiger partial charge on any atom is 0.138 e. The van der Waals surface area contributed by atoms with Gasteiger partial charge in [-0.2, -0.15) is 0 Å². The fourth-order valence-corrected chi connectivity index (χ4v) is 1.39. The number of rotatable bonds is 2. The van der Waals surface area contributed by atoms with E-state index in [0.717, 1.165) is 0 Å². The van der Waals surface area contributed by atoms with E-state index in [4.69, 9.17) is 5.73 Å². The highest BCUT2D eigenvalue weighted by Crippen LogP contribution is 2.23. The van der Waals surface area contributed by atoms with Crippen LogP contribution in [0.2, 0.25) is 0 Å². The Labute approximate surface area is 90.2 Å². The highest BCUT2D eigenvalue weighted by molar-refractivity contribution is 14.1. The lowest BCUT2D eigenvalue weighted by molar-refractivity contribution is 0.494. The topological polar surface area (TPSA) is 41.3 Å². The Morgan fingerprint density at radius 2 is 2.08 bits per heavy atom. The third kappa shape index (κ3) is 2.70. The zero-order chi connectivity index (χ0) is 10.0. The van der Waals surface area contributed by atoms with Crippen molar-refractivity contribution >= 4 is 34.0 Å². The van der Waals surface area contributed by atoms with Crippen molar-refractivity contribution in [1.29, 1.82) is 0 Å². The molecule has 0 aliphatic carbocycles. The number of hydrogen-bond acceptors (Lipinski definition) is 3. The van der Waals surface area contributed by atoms with E-state index in [0.29, 0.717) is 14.9 Å². The van der Waals surface area contributed by atoms with Crippen LogP contribution in [0.25, 0.3) is 0 Å². The van der Waals surface area contributed by atoms with Gasteiger partial charge in [-0.3, -0.25) is 0 Å². The first kappa shape index (κ1) is 10.5. The average Bonchev–Trinajstić information content (AvgIpc) is 1.99. The highest BCUT2D eigenvalue weighted by atomic mass is 127. The Hall–Kier alpha value is -0.560. The molecule has 0 aliphatic rings. The molecule has 0 saturated carbocycles. The zero-order valence-electron chi connectivity index (χ0n) is 7.44. The first-order valence-electron chi connectivity index (χ1n) is 3.69. The van der Waals surface area contributed by atoms with Crippen LogP contribution in [0, 0.1) is 9.39 Å². The number of anilines is 2. The molecule has 5 heteroatoms. The molecular formula is C8H11FIN3. The lowest BCUT2D eigenvalue weighted by Crippen LogP contribution is -2.20. The molecule has 0 atom stereocenters. The van der Waals surface area contributed by atoms with Gasteiger partial charge < -0.3 is 11.2 Å². The molecule has 0 heterocycles. The SMILES string of the molecule is CN(C)Nc1cc(F)c(I)cc1N. The van der Waals surface area contributed by atoms with E-state index in [1.54, 1.807) is 11.1 Å². The standard InChI is InChI=1S/C8H11FIN3/c1-13(2)12-8-3-5(9)6(10)4-7(8)11/h3-4,12H,11H2,1-2H3. The number of nitrogens with two attached hydrogens (primary N) is 1. The van der Waals surface area contributed by atoms with Crippen LogP contribution in [-0.2, 0) is 0 Å². The molecule has 0 aromatic heterocycles. The number of benzene rings is 1. The van der Waals surface area contributed by atoms with Crippen molar-refractivity contribution in [2.75, 3.05) is 25.3 Å². The van der Waals surface area contributed by atoms with Crippen LogP contribution in [0.15, 0.2) is 12.1 Å². The number of hydrogen-bond donors (Lipinski definition) is 2. The van der Waals surface area contributed by atoms with Crippen molar-refractivity contribution in [1.82, 2.24) is 5.01 Å². The predicted molar refractivity (Wildman–Crippen MR) is 60.8 cm³/mol. The molecule has 72 valence electrons. The van der Waals surface area contributed by atoms with Gasteiger partial charge in [0, 0.05) is 20.2 Å². The summed E-state index contributed by atoms with van der Waals surface area (Å²) in [7, 11) is 3.63. The summed E-state index contributed by atoms with van der Waals surface area (Å²) in [4.78, 5) is 0. The Bertz CT molecular complexity index is 315. The number of nitrogens with one attached hydrogen (secondary N) is 1. The van der Waals surface area contributed by atoms with Crippen LogP contribution in [0.3, 0.4) is 0 Å². The van der Waals surface area contributed by atoms with E-state index >= 15 is 0 Å². The zero-order valence-corrected chi connectivity index (χ0v) is 9.59. The molecule has 3 nitrogen and oxygen atoms in total. The van der Waals surface area contributed by atoms with Gasteiger partial charge in [0.1, 0.15) is 5.82 Å². The number of nitrogens with zero attached hydrogens (tertiary/aromatic N) is 1. The Morgan fingerprint density at radius 1 is 1.46 bits per heavy atom. The summed E-state index contributed by atoms with van der Waals surface area (Å²) in [5.74, 6) is -0.265. The van der Waals surface area contributed by atoms with Gasteiger partial charge in [0.15, 0.2) is 0 Å². The van der Waals surface area contributed by atoms with Crippen LogP contribution in [-0.4, -0.2) is 19.1 Å². The third-order valence-corrected chi connectivity index (χ3v) is 2.26. The van der Waals surface area contributed by atoms with Gasteiger partial charge in [0.05, 0.1) is 14.9 Å². The average molecular weight is 295 g/mol.